The van der Waals surface area contributed by atoms with E-state index in [4.69, 9.17) is 0 Å². The Morgan fingerprint density at radius 1 is 0.946 bits per heavy atom. The fourth-order valence-electron chi connectivity index (χ4n) is 4.67. The van der Waals surface area contributed by atoms with Crippen LogP contribution in [0.1, 0.15) is 68.7 Å². The molecule has 1 aliphatic heterocycles. The Balaban J connectivity index is 1.92. The number of hydrogen-bond donors (Lipinski definition) is 1. The van der Waals surface area contributed by atoms with Gasteiger partial charge in [-0.05, 0) is 63.5 Å². The Labute approximate surface area is 218 Å². The number of hydrogen-bond acceptors (Lipinski definition) is 6. The first-order valence-corrected chi connectivity index (χ1v) is 13.1. The molecule has 8 nitrogen and oxygen atoms in total. The number of ketones is 1. The molecule has 1 saturated heterocycles. The fraction of sp³-hybridized carbons (Fsp3) is 0.448. The molecule has 0 aromatic heterocycles. The van der Waals surface area contributed by atoms with Gasteiger partial charge in [0.05, 0.1) is 16.5 Å². The third-order valence-corrected chi connectivity index (χ3v) is 6.81. The largest absolute Gasteiger partial charge is 0.507 e. The average molecular weight is 508 g/mol. The lowest BCUT2D eigenvalue weighted by Crippen LogP contribution is -2.34. The molecule has 2 aromatic rings. The number of aliphatic hydroxyl groups is 1. The summed E-state index contributed by atoms with van der Waals surface area (Å²) in [4.78, 5) is 40.9. The first-order valence-electron chi connectivity index (χ1n) is 13.1. The fourth-order valence-corrected chi connectivity index (χ4v) is 4.67. The zero-order chi connectivity index (χ0) is 26.9. The van der Waals surface area contributed by atoms with Crippen molar-refractivity contribution in [1.29, 1.82) is 0 Å². The molecule has 0 bridgehead atoms. The smallest absolute Gasteiger partial charge is 0.295 e. The number of carbonyl (C=O) groups is 2. The second-order valence-corrected chi connectivity index (χ2v) is 9.61. The summed E-state index contributed by atoms with van der Waals surface area (Å²) in [6.07, 6.45) is 5.18. The van der Waals surface area contributed by atoms with Gasteiger partial charge in [-0.2, -0.15) is 0 Å². The number of rotatable bonds is 13. The molecule has 198 valence electrons. The molecule has 1 amide bonds. The van der Waals surface area contributed by atoms with E-state index in [1.54, 1.807) is 4.90 Å². The number of amides is 1. The maximum absolute atomic E-state index is 13.2. The quantitative estimate of drug-likeness (QED) is 0.124. The average Bonchev–Trinajstić information content (AvgIpc) is 3.15. The molecule has 0 radical (unpaired) electrons. The molecule has 3 rings (SSSR count). The van der Waals surface area contributed by atoms with Gasteiger partial charge in [0.2, 0.25) is 0 Å². The van der Waals surface area contributed by atoms with Gasteiger partial charge in [-0.15, -0.1) is 0 Å². The summed E-state index contributed by atoms with van der Waals surface area (Å²) in [7, 11) is 0. The molecule has 8 heteroatoms. The molecule has 1 heterocycles. The van der Waals surface area contributed by atoms with Crippen LogP contribution in [0, 0.1) is 17.0 Å². The van der Waals surface area contributed by atoms with Crippen LogP contribution >= 0.6 is 0 Å². The Hall–Kier alpha value is -3.52. The van der Waals surface area contributed by atoms with Crippen molar-refractivity contribution >= 4 is 23.1 Å². The van der Waals surface area contributed by atoms with Crippen molar-refractivity contribution in [3.63, 3.8) is 0 Å². The van der Waals surface area contributed by atoms with Crippen LogP contribution in [0.4, 0.5) is 5.69 Å². The van der Waals surface area contributed by atoms with Crippen LogP contribution < -0.4 is 0 Å². The van der Waals surface area contributed by atoms with Crippen molar-refractivity contribution in [3.8, 4) is 0 Å². The molecule has 37 heavy (non-hydrogen) atoms. The van der Waals surface area contributed by atoms with E-state index in [9.17, 15) is 24.8 Å². The lowest BCUT2D eigenvalue weighted by atomic mass is 9.94. The van der Waals surface area contributed by atoms with Crippen LogP contribution in [-0.4, -0.2) is 57.7 Å². The summed E-state index contributed by atoms with van der Waals surface area (Å²) in [5, 5.41) is 22.2. The topological polar surface area (TPSA) is 104 Å². The van der Waals surface area contributed by atoms with E-state index in [0.29, 0.717) is 13.0 Å². The van der Waals surface area contributed by atoms with Crippen molar-refractivity contribution in [2.75, 3.05) is 26.2 Å². The van der Waals surface area contributed by atoms with Gasteiger partial charge < -0.3 is 14.9 Å². The van der Waals surface area contributed by atoms with Gasteiger partial charge in [-0.1, -0.05) is 56.5 Å². The number of nitro benzene ring substituents is 1. The molecule has 1 atom stereocenters. The molecule has 1 N–H and O–H groups in total. The minimum atomic E-state index is -0.741. The predicted molar refractivity (Wildman–Crippen MR) is 144 cm³/mol. The van der Waals surface area contributed by atoms with Crippen LogP contribution in [0.2, 0.25) is 0 Å². The molecule has 0 aliphatic carbocycles. The molecule has 2 aromatic carbocycles. The predicted octanol–water partition coefficient (Wildman–Crippen LogP) is 5.62. The number of non-ortho nitro benzene ring substituents is 1. The molecular weight excluding hydrogens is 470 g/mol. The third-order valence-electron chi connectivity index (χ3n) is 6.81. The zero-order valence-electron chi connectivity index (χ0n) is 22.0. The van der Waals surface area contributed by atoms with Crippen LogP contribution in [0.25, 0.3) is 5.76 Å². The van der Waals surface area contributed by atoms with Crippen LogP contribution in [0.5, 0.6) is 0 Å². The number of likely N-dealkylation sites (tertiary alicyclic amines) is 1. The normalized spacial score (nSPS) is 17.1. The highest BCUT2D eigenvalue weighted by molar-refractivity contribution is 6.46. The van der Waals surface area contributed by atoms with Gasteiger partial charge in [0, 0.05) is 24.2 Å². The van der Waals surface area contributed by atoms with Crippen LogP contribution in [0.3, 0.4) is 0 Å². The van der Waals surface area contributed by atoms with E-state index in [2.05, 4.69) is 18.7 Å². The minimum absolute atomic E-state index is 0.0107. The summed E-state index contributed by atoms with van der Waals surface area (Å²) in [6.45, 7) is 9.53. The maximum Gasteiger partial charge on any atom is 0.295 e. The Morgan fingerprint density at radius 2 is 1.51 bits per heavy atom. The molecule has 1 fully saturated rings. The van der Waals surface area contributed by atoms with E-state index in [0.717, 1.165) is 56.4 Å². The summed E-state index contributed by atoms with van der Waals surface area (Å²) in [6, 6.07) is 12.2. The van der Waals surface area contributed by atoms with Gasteiger partial charge in [-0.25, -0.2) is 0 Å². The van der Waals surface area contributed by atoms with Gasteiger partial charge in [0.25, 0.3) is 17.4 Å². The monoisotopic (exact) mass is 507 g/mol. The van der Waals surface area contributed by atoms with E-state index >= 15 is 0 Å². The molecule has 0 spiro atoms. The standard InChI is InChI=1S/C29H37N3O5/c1-4-6-17-30(18-7-5-2)19-8-20-31-26(22-11-9-21(3)10-12-22)25(28(34)29(31)35)27(33)23-13-15-24(16-14-23)32(36)37/h9-16,26,33H,4-8,17-20H2,1-3H3/t26-/m1/s1. The van der Waals surface area contributed by atoms with E-state index in [-0.39, 0.29) is 22.6 Å². The zero-order valence-corrected chi connectivity index (χ0v) is 22.0. The first kappa shape index (κ1) is 28.1. The van der Waals surface area contributed by atoms with E-state index < -0.39 is 22.7 Å². The number of Topliss-reactive ketones (excluding diaryl/α,β-unsaturated/α-hetero) is 1. The minimum Gasteiger partial charge on any atom is -0.507 e. The highest BCUT2D eigenvalue weighted by atomic mass is 16.6. The number of nitrogens with zero attached hydrogens (tertiary/aromatic N) is 3. The number of aryl methyl sites for hydroxylation is 1. The molecule has 0 unspecified atom stereocenters. The summed E-state index contributed by atoms with van der Waals surface area (Å²) >= 11 is 0. The number of unbranched alkanes of at least 4 members (excludes halogenated alkanes) is 2. The van der Waals surface area contributed by atoms with Crippen molar-refractivity contribution in [1.82, 2.24) is 9.80 Å². The number of carbonyl (C=O) groups excluding carboxylic acids is 2. The van der Waals surface area contributed by atoms with Gasteiger partial charge in [0.15, 0.2) is 0 Å². The number of aliphatic hydroxyl groups excluding tert-OH is 1. The van der Waals surface area contributed by atoms with Gasteiger partial charge in [-0.3, -0.25) is 19.7 Å². The number of nitro groups is 1. The molecular formula is C29H37N3O5. The highest BCUT2D eigenvalue weighted by Crippen LogP contribution is 2.39. The molecule has 0 saturated carbocycles. The highest BCUT2D eigenvalue weighted by Gasteiger charge is 2.45. The van der Waals surface area contributed by atoms with Crippen LogP contribution in [-0.2, 0) is 9.59 Å². The SMILES string of the molecule is CCCCN(CCCC)CCCN1C(=O)C(=O)C(=C(O)c2ccc([N+](=O)[O-])cc2)[C@H]1c1ccc(C)cc1. The van der Waals surface area contributed by atoms with E-state index in [1.165, 1.54) is 24.3 Å². The van der Waals surface area contributed by atoms with Crippen molar-refractivity contribution < 1.29 is 19.6 Å². The third kappa shape index (κ3) is 6.83. The Bertz CT molecular complexity index is 1120. The Kier molecular flexibility index (Phi) is 9.97. The van der Waals surface area contributed by atoms with Gasteiger partial charge in [0.1, 0.15) is 5.76 Å². The number of benzene rings is 2. The van der Waals surface area contributed by atoms with Crippen LogP contribution in [0.15, 0.2) is 54.1 Å². The second-order valence-electron chi connectivity index (χ2n) is 9.61. The van der Waals surface area contributed by atoms with Gasteiger partial charge >= 0.3 is 0 Å². The lowest BCUT2D eigenvalue weighted by Gasteiger charge is -2.27. The van der Waals surface area contributed by atoms with Crippen molar-refractivity contribution in [3.05, 3.63) is 80.9 Å². The Morgan fingerprint density at radius 3 is 2.05 bits per heavy atom. The van der Waals surface area contributed by atoms with Crippen molar-refractivity contribution in [2.24, 2.45) is 0 Å². The summed E-state index contributed by atoms with van der Waals surface area (Å²) in [5.74, 6) is -1.70. The summed E-state index contributed by atoms with van der Waals surface area (Å²) < 4.78 is 0. The summed E-state index contributed by atoms with van der Waals surface area (Å²) in [5.41, 5.74) is 1.92. The molecule has 1 aliphatic rings. The van der Waals surface area contributed by atoms with Crippen molar-refractivity contribution in [2.45, 2.75) is 58.9 Å². The maximum atomic E-state index is 13.2. The second kappa shape index (κ2) is 13.1. The van der Waals surface area contributed by atoms with E-state index in [1.807, 2.05) is 31.2 Å². The first-order chi connectivity index (χ1) is 17.8. The lowest BCUT2D eigenvalue weighted by molar-refractivity contribution is -0.384.